The van der Waals surface area contributed by atoms with Crippen molar-refractivity contribution in [1.82, 2.24) is 10.1 Å². The highest BCUT2D eigenvalue weighted by Gasteiger charge is 2.38. The summed E-state index contributed by atoms with van der Waals surface area (Å²) in [5.41, 5.74) is -1.58. The molecule has 146 valence electrons. The molecule has 1 aromatic heterocycles. The van der Waals surface area contributed by atoms with Gasteiger partial charge in [0.2, 0.25) is 0 Å². The second-order valence-corrected chi connectivity index (χ2v) is 5.87. The quantitative estimate of drug-likeness (QED) is 0.580. The van der Waals surface area contributed by atoms with E-state index in [4.69, 9.17) is 9.47 Å². The Kier molecular flexibility index (Phi) is 5.76. The van der Waals surface area contributed by atoms with E-state index < -0.39 is 41.9 Å². The number of morpholine rings is 1. The predicted octanol–water partition coefficient (Wildman–Crippen LogP) is 2.95. The van der Waals surface area contributed by atoms with Crippen LogP contribution in [0.4, 0.5) is 17.6 Å². The summed E-state index contributed by atoms with van der Waals surface area (Å²) in [7, 11) is 0. The molecule has 0 radical (unpaired) electrons. The van der Waals surface area contributed by atoms with Crippen LogP contribution in [0.1, 0.15) is 22.9 Å². The summed E-state index contributed by atoms with van der Waals surface area (Å²) in [6.45, 7) is 0.723. The van der Waals surface area contributed by atoms with E-state index in [1.165, 1.54) is 18.2 Å². The van der Waals surface area contributed by atoms with Gasteiger partial charge in [-0.2, -0.15) is 13.2 Å². The molecule has 27 heavy (non-hydrogen) atoms. The first kappa shape index (κ1) is 19.3. The number of ether oxygens (including phenoxy) is 2. The minimum atomic E-state index is -4.73. The van der Waals surface area contributed by atoms with E-state index in [0.717, 1.165) is 6.26 Å². The van der Waals surface area contributed by atoms with Gasteiger partial charge >= 0.3 is 12.1 Å². The fraction of sp³-hybridized carbons (Fsp3) is 0.412. The molecule has 0 amide bonds. The molecule has 0 bridgehead atoms. The molecule has 6 nitrogen and oxygen atoms in total. The zero-order chi connectivity index (χ0) is 19.4. The smallest absolute Gasteiger partial charge is 0.437 e. The van der Waals surface area contributed by atoms with Gasteiger partial charge in [-0.25, -0.2) is 9.18 Å². The normalized spacial score (nSPS) is 16.9. The zero-order valence-electron chi connectivity index (χ0n) is 14.0. The van der Waals surface area contributed by atoms with Crippen LogP contribution >= 0.6 is 0 Å². The Morgan fingerprint density at radius 3 is 2.63 bits per heavy atom. The highest BCUT2D eigenvalue weighted by molar-refractivity contribution is 5.77. The maximum absolute atomic E-state index is 14.2. The predicted molar refractivity (Wildman–Crippen MR) is 82.8 cm³/mol. The van der Waals surface area contributed by atoms with Crippen LogP contribution in [0.2, 0.25) is 0 Å². The van der Waals surface area contributed by atoms with Crippen molar-refractivity contribution in [2.45, 2.75) is 18.8 Å². The highest BCUT2D eigenvalue weighted by atomic mass is 19.4. The Morgan fingerprint density at radius 2 is 1.96 bits per heavy atom. The van der Waals surface area contributed by atoms with Crippen molar-refractivity contribution in [2.75, 3.05) is 26.3 Å². The summed E-state index contributed by atoms with van der Waals surface area (Å²) in [5, 5.41) is 2.89. The topological polar surface area (TPSA) is 64.8 Å². The first-order valence-corrected chi connectivity index (χ1v) is 8.11. The van der Waals surface area contributed by atoms with Crippen molar-refractivity contribution in [1.29, 1.82) is 0 Å². The number of hydrogen-bond donors (Lipinski definition) is 0. The number of rotatable bonds is 5. The molecule has 1 atom stereocenters. The minimum absolute atomic E-state index is 0.0887. The number of aromatic nitrogens is 1. The standard InChI is InChI=1S/C17H16F4N2O4/c18-13-4-2-1-3-12(13)14(23-5-7-25-8-6-23)16(24)26-9-11-10-27-22-15(11)17(19,20)21/h1-4,10,14H,5-9H2/t14-/m0/s1. The Labute approximate surface area is 151 Å². The Hall–Kier alpha value is -2.46. The van der Waals surface area contributed by atoms with Crippen LogP contribution in [0, 0.1) is 5.82 Å². The SMILES string of the molecule is O=C(OCc1conc1C(F)(F)F)[C@H](c1ccccc1F)N1CCOCC1. The van der Waals surface area contributed by atoms with E-state index in [1.54, 1.807) is 11.0 Å². The van der Waals surface area contributed by atoms with Crippen LogP contribution in [0.25, 0.3) is 0 Å². The zero-order valence-corrected chi connectivity index (χ0v) is 14.0. The van der Waals surface area contributed by atoms with Gasteiger partial charge in [0.05, 0.1) is 18.8 Å². The number of carbonyl (C=O) groups is 1. The molecule has 0 unspecified atom stereocenters. The molecule has 1 fully saturated rings. The van der Waals surface area contributed by atoms with Crippen LogP contribution in [0.3, 0.4) is 0 Å². The molecule has 1 aliphatic rings. The third-order valence-electron chi connectivity index (χ3n) is 4.12. The van der Waals surface area contributed by atoms with Gasteiger partial charge in [-0.15, -0.1) is 0 Å². The van der Waals surface area contributed by atoms with Gasteiger partial charge < -0.3 is 14.0 Å². The van der Waals surface area contributed by atoms with Gasteiger partial charge in [-0.1, -0.05) is 23.4 Å². The van der Waals surface area contributed by atoms with Crippen molar-refractivity contribution in [3.05, 3.63) is 53.2 Å². The summed E-state index contributed by atoms with van der Waals surface area (Å²) < 4.78 is 67.4. The number of alkyl halides is 3. The molecule has 3 rings (SSSR count). The van der Waals surface area contributed by atoms with Crippen LogP contribution in [-0.4, -0.2) is 42.3 Å². The fourth-order valence-electron chi connectivity index (χ4n) is 2.83. The summed E-state index contributed by atoms with van der Waals surface area (Å²) in [6.07, 6.45) is -3.97. The number of hydrogen-bond acceptors (Lipinski definition) is 6. The van der Waals surface area contributed by atoms with Crippen molar-refractivity contribution in [3.63, 3.8) is 0 Å². The third kappa shape index (κ3) is 4.45. The number of esters is 1. The lowest BCUT2D eigenvalue weighted by atomic mass is 10.0. The van der Waals surface area contributed by atoms with E-state index in [-0.39, 0.29) is 5.56 Å². The molecule has 2 aromatic rings. The second-order valence-electron chi connectivity index (χ2n) is 5.87. The third-order valence-corrected chi connectivity index (χ3v) is 4.12. The molecular formula is C17H16F4N2O4. The average Bonchev–Trinajstić information content (AvgIpc) is 3.12. The molecule has 0 N–H and O–H groups in total. The lowest BCUT2D eigenvalue weighted by Crippen LogP contribution is -2.43. The maximum atomic E-state index is 14.2. The van der Waals surface area contributed by atoms with E-state index in [0.29, 0.717) is 26.3 Å². The number of benzene rings is 1. The van der Waals surface area contributed by atoms with Gasteiger partial charge in [0.15, 0.2) is 5.69 Å². The summed E-state index contributed by atoms with van der Waals surface area (Å²) >= 11 is 0. The highest BCUT2D eigenvalue weighted by Crippen LogP contribution is 2.32. The van der Waals surface area contributed by atoms with Crippen molar-refractivity contribution >= 4 is 5.97 Å². The second kappa shape index (κ2) is 8.05. The van der Waals surface area contributed by atoms with Crippen LogP contribution in [0.5, 0.6) is 0 Å². The van der Waals surface area contributed by atoms with E-state index >= 15 is 0 Å². The first-order valence-electron chi connectivity index (χ1n) is 8.11. The van der Waals surface area contributed by atoms with Gasteiger partial charge in [0, 0.05) is 18.7 Å². The lowest BCUT2D eigenvalue weighted by Gasteiger charge is -2.33. The molecule has 1 aromatic carbocycles. The Morgan fingerprint density at radius 1 is 1.26 bits per heavy atom. The summed E-state index contributed by atoms with van der Waals surface area (Å²) in [6, 6.07) is 4.60. The van der Waals surface area contributed by atoms with Gasteiger partial charge in [-0.05, 0) is 6.07 Å². The average molecular weight is 388 g/mol. The molecule has 1 aliphatic heterocycles. The van der Waals surface area contributed by atoms with Gasteiger partial charge in [-0.3, -0.25) is 4.90 Å². The van der Waals surface area contributed by atoms with Gasteiger partial charge in [0.1, 0.15) is 24.7 Å². The maximum Gasteiger partial charge on any atom is 0.437 e. The van der Waals surface area contributed by atoms with Crippen LogP contribution in [0.15, 0.2) is 35.1 Å². The molecular weight excluding hydrogens is 372 g/mol. The Balaban J connectivity index is 1.79. The molecule has 0 saturated carbocycles. The van der Waals surface area contributed by atoms with Gasteiger partial charge in [0.25, 0.3) is 0 Å². The van der Waals surface area contributed by atoms with Crippen molar-refractivity contribution in [2.24, 2.45) is 0 Å². The number of carbonyl (C=O) groups excluding carboxylic acids is 1. The van der Waals surface area contributed by atoms with Crippen LogP contribution < -0.4 is 0 Å². The van der Waals surface area contributed by atoms with E-state index in [9.17, 15) is 22.4 Å². The molecule has 1 saturated heterocycles. The number of nitrogens with zero attached hydrogens (tertiary/aromatic N) is 2. The molecule has 0 aliphatic carbocycles. The van der Waals surface area contributed by atoms with Crippen molar-refractivity contribution in [3.8, 4) is 0 Å². The monoisotopic (exact) mass is 388 g/mol. The first-order chi connectivity index (χ1) is 12.9. The van der Waals surface area contributed by atoms with E-state index in [1.807, 2.05) is 0 Å². The lowest BCUT2D eigenvalue weighted by molar-refractivity contribution is -0.155. The largest absolute Gasteiger partial charge is 0.459 e. The minimum Gasteiger partial charge on any atom is -0.459 e. The number of halogens is 4. The molecule has 0 spiro atoms. The van der Waals surface area contributed by atoms with Crippen molar-refractivity contribution < 1.29 is 36.4 Å². The van der Waals surface area contributed by atoms with E-state index in [2.05, 4.69) is 9.68 Å². The molecule has 2 heterocycles. The molecule has 10 heteroatoms. The Bertz CT molecular complexity index is 787. The summed E-state index contributed by atoms with van der Waals surface area (Å²) in [4.78, 5) is 14.3. The summed E-state index contributed by atoms with van der Waals surface area (Å²) in [5.74, 6) is -1.47. The fourth-order valence-corrected chi connectivity index (χ4v) is 2.83. The van der Waals surface area contributed by atoms with Crippen LogP contribution in [-0.2, 0) is 27.1 Å².